The number of hydrogen-bond donors (Lipinski definition) is 3. The van der Waals surface area contributed by atoms with E-state index in [1.807, 2.05) is 78.9 Å². The minimum Gasteiger partial charge on any atom is -0.493 e. The van der Waals surface area contributed by atoms with Crippen molar-refractivity contribution >= 4 is 35.4 Å². The molecule has 0 aliphatic heterocycles. The summed E-state index contributed by atoms with van der Waals surface area (Å²) in [6, 6.07) is 24.8. The summed E-state index contributed by atoms with van der Waals surface area (Å²) < 4.78 is 10.8. The van der Waals surface area contributed by atoms with Gasteiger partial charge in [0.15, 0.2) is 11.5 Å². The molecular weight excluding hydrogens is 418 g/mol. The Labute approximate surface area is 191 Å². The average Bonchev–Trinajstić information content (AvgIpc) is 2.85. The van der Waals surface area contributed by atoms with Gasteiger partial charge in [-0.3, -0.25) is 0 Å². The Morgan fingerprint density at radius 2 is 1.24 bits per heavy atom. The van der Waals surface area contributed by atoms with Gasteiger partial charge in [0.2, 0.25) is 17.8 Å². The Bertz CT molecular complexity index is 1160. The van der Waals surface area contributed by atoms with Crippen LogP contribution in [0.5, 0.6) is 11.5 Å². The van der Waals surface area contributed by atoms with E-state index in [0.717, 1.165) is 16.9 Å². The van der Waals surface area contributed by atoms with Gasteiger partial charge in [0.1, 0.15) is 0 Å². The van der Waals surface area contributed by atoms with Crippen molar-refractivity contribution in [3.05, 3.63) is 84.4 Å². The van der Waals surface area contributed by atoms with E-state index in [9.17, 15) is 0 Å². The molecule has 0 amide bonds. The molecule has 0 unspecified atom stereocenters. The molecule has 3 aromatic carbocycles. The van der Waals surface area contributed by atoms with Gasteiger partial charge in [-0.1, -0.05) is 42.5 Å². The number of anilines is 5. The third-order valence-corrected chi connectivity index (χ3v) is 4.50. The van der Waals surface area contributed by atoms with E-state index >= 15 is 0 Å². The van der Waals surface area contributed by atoms with Gasteiger partial charge in [-0.05, 0) is 36.4 Å². The molecule has 0 atom stereocenters. The Hall–Kier alpha value is -4.66. The molecule has 0 fully saturated rings. The first-order valence-corrected chi connectivity index (χ1v) is 10.2. The highest BCUT2D eigenvalue weighted by Gasteiger charge is 2.09. The standard InChI is InChI=1S/C24H23N7O2/c1-32-20-15-9-10-17(21(20)33-2)16-25-31-24-29-22(26-18-11-5-3-6-12-18)28-23(30-24)27-19-13-7-4-8-14-19/h3-16H,1-2H3,(H3,26,27,28,29,30,31)/b25-16-. The van der Waals surface area contributed by atoms with Crippen LogP contribution in [0, 0.1) is 0 Å². The zero-order valence-corrected chi connectivity index (χ0v) is 18.2. The Morgan fingerprint density at radius 3 is 1.79 bits per heavy atom. The molecule has 0 saturated heterocycles. The number of nitrogens with zero attached hydrogens (tertiary/aromatic N) is 4. The van der Waals surface area contributed by atoms with Crippen LogP contribution in [-0.4, -0.2) is 35.4 Å². The van der Waals surface area contributed by atoms with Crippen molar-refractivity contribution in [2.75, 3.05) is 30.3 Å². The van der Waals surface area contributed by atoms with Crippen molar-refractivity contribution in [1.82, 2.24) is 15.0 Å². The van der Waals surface area contributed by atoms with Crippen LogP contribution in [0.2, 0.25) is 0 Å². The fraction of sp³-hybridized carbons (Fsp3) is 0.0833. The number of aromatic nitrogens is 3. The van der Waals surface area contributed by atoms with Gasteiger partial charge < -0.3 is 20.1 Å². The molecule has 4 rings (SSSR count). The number of benzene rings is 3. The zero-order valence-electron chi connectivity index (χ0n) is 18.2. The van der Waals surface area contributed by atoms with Crippen LogP contribution in [0.3, 0.4) is 0 Å². The number of methoxy groups -OCH3 is 2. The molecule has 1 aromatic heterocycles. The number of hydrazone groups is 1. The first kappa shape index (κ1) is 21.6. The summed E-state index contributed by atoms with van der Waals surface area (Å²) in [4.78, 5) is 13.3. The maximum Gasteiger partial charge on any atom is 0.250 e. The van der Waals surface area contributed by atoms with Crippen LogP contribution < -0.4 is 25.5 Å². The molecule has 0 aliphatic carbocycles. The minimum absolute atomic E-state index is 0.264. The van der Waals surface area contributed by atoms with E-state index in [1.165, 1.54) is 0 Å². The van der Waals surface area contributed by atoms with Crippen LogP contribution in [0.15, 0.2) is 84.0 Å². The summed E-state index contributed by atoms with van der Waals surface area (Å²) >= 11 is 0. The smallest absolute Gasteiger partial charge is 0.250 e. The largest absolute Gasteiger partial charge is 0.493 e. The molecule has 33 heavy (non-hydrogen) atoms. The van der Waals surface area contributed by atoms with Crippen molar-refractivity contribution in [3.8, 4) is 11.5 Å². The van der Waals surface area contributed by atoms with Gasteiger partial charge in [0.05, 0.1) is 20.4 Å². The molecule has 4 aromatic rings. The third-order valence-electron chi connectivity index (χ3n) is 4.50. The quantitative estimate of drug-likeness (QED) is 0.251. The second-order valence-corrected chi connectivity index (χ2v) is 6.74. The fourth-order valence-electron chi connectivity index (χ4n) is 3.01. The van der Waals surface area contributed by atoms with Crippen molar-refractivity contribution < 1.29 is 9.47 Å². The highest BCUT2D eigenvalue weighted by atomic mass is 16.5. The molecule has 1 heterocycles. The van der Waals surface area contributed by atoms with E-state index in [-0.39, 0.29) is 5.95 Å². The van der Waals surface area contributed by atoms with Crippen molar-refractivity contribution in [3.63, 3.8) is 0 Å². The molecule has 166 valence electrons. The van der Waals surface area contributed by atoms with Crippen molar-refractivity contribution in [2.45, 2.75) is 0 Å². The Kier molecular flexibility index (Phi) is 6.92. The fourth-order valence-corrected chi connectivity index (χ4v) is 3.01. The Morgan fingerprint density at radius 1 is 0.667 bits per heavy atom. The van der Waals surface area contributed by atoms with Gasteiger partial charge in [-0.25, -0.2) is 5.43 Å². The van der Waals surface area contributed by atoms with Gasteiger partial charge in [0, 0.05) is 16.9 Å². The van der Waals surface area contributed by atoms with Crippen LogP contribution in [-0.2, 0) is 0 Å². The normalized spacial score (nSPS) is 10.6. The monoisotopic (exact) mass is 441 g/mol. The number of ether oxygens (including phenoxy) is 2. The molecule has 9 nitrogen and oxygen atoms in total. The summed E-state index contributed by atoms with van der Waals surface area (Å²) in [6.45, 7) is 0. The average molecular weight is 441 g/mol. The lowest BCUT2D eigenvalue weighted by molar-refractivity contribution is 0.354. The zero-order chi connectivity index (χ0) is 22.9. The number of nitrogens with one attached hydrogen (secondary N) is 3. The second-order valence-electron chi connectivity index (χ2n) is 6.74. The summed E-state index contributed by atoms with van der Waals surface area (Å²) in [5, 5.41) is 10.6. The summed E-state index contributed by atoms with van der Waals surface area (Å²) in [5.41, 5.74) is 5.31. The maximum absolute atomic E-state index is 5.44. The van der Waals surface area contributed by atoms with Gasteiger partial charge in [0.25, 0.3) is 0 Å². The van der Waals surface area contributed by atoms with Crippen molar-refractivity contribution in [1.29, 1.82) is 0 Å². The lowest BCUT2D eigenvalue weighted by Gasteiger charge is -2.10. The number of para-hydroxylation sites is 3. The molecule has 0 saturated carbocycles. The molecule has 0 spiro atoms. The van der Waals surface area contributed by atoms with E-state index in [2.05, 4.69) is 36.1 Å². The highest BCUT2D eigenvalue weighted by Crippen LogP contribution is 2.29. The van der Waals surface area contributed by atoms with E-state index in [1.54, 1.807) is 20.4 Å². The third kappa shape index (κ3) is 5.73. The number of hydrogen-bond acceptors (Lipinski definition) is 9. The van der Waals surface area contributed by atoms with Crippen LogP contribution in [0.25, 0.3) is 0 Å². The lowest BCUT2D eigenvalue weighted by atomic mass is 10.2. The van der Waals surface area contributed by atoms with E-state index in [4.69, 9.17) is 9.47 Å². The predicted molar refractivity (Wildman–Crippen MR) is 130 cm³/mol. The molecule has 3 N–H and O–H groups in total. The molecule has 0 aliphatic rings. The summed E-state index contributed by atoms with van der Waals surface area (Å²) in [7, 11) is 3.17. The molecule has 0 bridgehead atoms. The van der Waals surface area contributed by atoms with Gasteiger partial charge >= 0.3 is 0 Å². The minimum atomic E-state index is 0.264. The summed E-state index contributed by atoms with van der Waals surface area (Å²) in [5.74, 6) is 2.20. The van der Waals surface area contributed by atoms with Crippen molar-refractivity contribution in [2.24, 2.45) is 5.10 Å². The number of rotatable bonds is 9. The SMILES string of the molecule is COc1cccc(/C=N\Nc2nc(Nc3ccccc3)nc(Nc3ccccc3)n2)c1OC. The van der Waals surface area contributed by atoms with E-state index in [0.29, 0.717) is 23.4 Å². The van der Waals surface area contributed by atoms with Crippen LogP contribution >= 0.6 is 0 Å². The van der Waals surface area contributed by atoms with Gasteiger partial charge in [-0.2, -0.15) is 20.1 Å². The molecule has 0 radical (unpaired) electrons. The van der Waals surface area contributed by atoms with Gasteiger partial charge in [-0.15, -0.1) is 0 Å². The highest BCUT2D eigenvalue weighted by molar-refractivity contribution is 5.85. The first-order chi connectivity index (χ1) is 16.2. The summed E-state index contributed by atoms with van der Waals surface area (Å²) in [6.07, 6.45) is 1.61. The van der Waals surface area contributed by atoms with Crippen LogP contribution in [0.1, 0.15) is 5.56 Å². The second kappa shape index (κ2) is 10.6. The lowest BCUT2D eigenvalue weighted by Crippen LogP contribution is -2.07. The Balaban J connectivity index is 1.59. The predicted octanol–water partition coefficient (Wildman–Crippen LogP) is 4.82. The maximum atomic E-state index is 5.44. The molecule has 9 heteroatoms. The van der Waals surface area contributed by atoms with E-state index < -0.39 is 0 Å². The van der Waals surface area contributed by atoms with Crippen LogP contribution in [0.4, 0.5) is 29.2 Å². The molecular formula is C24H23N7O2. The topological polar surface area (TPSA) is 106 Å². The first-order valence-electron chi connectivity index (χ1n) is 10.2.